The fourth-order valence-corrected chi connectivity index (χ4v) is 4.09. The molecule has 3 aromatic carbocycles. The SMILES string of the molecule is CCOc1cc(CNc2cccc(C(=O)O)c2C)cc(Br)c1OCc1ccc(Cl)c(Cl)c1. The summed E-state index contributed by atoms with van der Waals surface area (Å²) in [4.78, 5) is 11.4. The van der Waals surface area contributed by atoms with Crippen molar-refractivity contribution in [1.82, 2.24) is 0 Å². The molecule has 3 rings (SSSR count). The van der Waals surface area contributed by atoms with Crippen LogP contribution in [0.2, 0.25) is 10.0 Å². The van der Waals surface area contributed by atoms with Crippen LogP contribution < -0.4 is 14.8 Å². The van der Waals surface area contributed by atoms with Crippen LogP contribution in [0, 0.1) is 6.92 Å². The zero-order valence-corrected chi connectivity index (χ0v) is 20.6. The summed E-state index contributed by atoms with van der Waals surface area (Å²) in [5.74, 6) is 0.247. The summed E-state index contributed by atoms with van der Waals surface area (Å²) in [7, 11) is 0. The molecular formula is C24H22BrCl2NO4. The van der Waals surface area contributed by atoms with Crippen molar-refractivity contribution in [3.8, 4) is 11.5 Å². The number of nitrogens with one attached hydrogen (secondary N) is 1. The highest BCUT2D eigenvalue weighted by Gasteiger charge is 2.14. The van der Waals surface area contributed by atoms with Crippen molar-refractivity contribution >= 4 is 50.8 Å². The molecule has 3 aromatic rings. The Morgan fingerprint density at radius 1 is 1.06 bits per heavy atom. The molecule has 0 unspecified atom stereocenters. The molecule has 0 atom stereocenters. The minimum Gasteiger partial charge on any atom is -0.490 e. The van der Waals surface area contributed by atoms with Crippen molar-refractivity contribution in [1.29, 1.82) is 0 Å². The maximum Gasteiger partial charge on any atom is 0.336 e. The highest BCUT2D eigenvalue weighted by Crippen LogP contribution is 2.38. The first-order chi connectivity index (χ1) is 15.3. The zero-order chi connectivity index (χ0) is 23.3. The van der Waals surface area contributed by atoms with Gasteiger partial charge < -0.3 is 19.9 Å². The quantitative estimate of drug-likeness (QED) is 0.298. The van der Waals surface area contributed by atoms with E-state index in [2.05, 4.69) is 21.2 Å². The highest BCUT2D eigenvalue weighted by atomic mass is 79.9. The minimum absolute atomic E-state index is 0.275. The molecule has 0 aliphatic rings. The van der Waals surface area contributed by atoms with Gasteiger partial charge in [0.25, 0.3) is 0 Å². The van der Waals surface area contributed by atoms with Gasteiger partial charge in [0, 0.05) is 12.2 Å². The first-order valence-corrected chi connectivity index (χ1v) is 11.4. The lowest BCUT2D eigenvalue weighted by Crippen LogP contribution is -2.07. The van der Waals surface area contributed by atoms with E-state index in [0.717, 1.165) is 21.3 Å². The average Bonchev–Trinajstić information content (AvgIpc) is 2.75. The summed E-state index contributed by atoms with van der Waals surface area (Å²) >= 11 is 15.7. The summed E-state index contributed by atoms with van der Waals surface area (Å²) < 4.78 is 12.6. The van der Waals surface area contributed by atoms with Crippen LogP contribution in [0.15, 0.2) is 53.0 Å². The number of hydrogen-bond acceptors (Lipinski definition) is 4. The third-order valence-corrected chi connectivity index (χ3v) is 6.11. The van der Waals surface area contributed by atoms with Crippen molar-refractivity contribution in [2.24, 2.45) is 0 Å². The Bertz CT molecular complexity index is 1140. The number of carboxylic acid groups (broad SMARTS) is 1. The lowest BCUT2D eigenvalue weighted by Gasteiger charge is -2.17. The second-order valence-electron chi connectivity index (χ2n) is 7.01. The minimum atomic E-state index is -0.948. The van der Waals surface area contributed by atoms with E-state index in [1.807, 2.05) is 31.2 Å². The summed E-state index contributed by atoms with van der Waals surface area (Å²) in [5.41, 5.74) is 3.55. The van der Waals surface area contributed by atoms with E-state index in [9.17, 15) is 9.90 Å². The van der Waals surface area contributed by atoms with Crippen LogP contribution in [0.3, 0.4) is 0 Å². The Labute approximate surface area is 205 Å². The van der Waals surface area contributed by atoms with Crippen LogP contribution in [-0.4, -0.2) is 17.7 Å². The summed E-state index contributed by atoms with van der Waals surface area (Å²) in [6, 6.07) is 14.4. The predicted molar refractivity (Wildman–Crippen MR) is 132 cm³/mol. The first-order valence-electron chi connectivity index (χ1n) is 9.88. The lowest BCUT2D eigenvalue weighted by atomic mass is 10.1. The van der Waals surface area contributed by atoms with E-state index in [-0.39, 0.29) is 5.56 Å². The number of benzene rings is 3. The van der Waals surface area contributed by atoms with E-state index < -0.39 is 5.97 Å². The first kappa shape index (κ1) is 24.2. The Morgan fingerprint density at radius 3 is 2.53 bits per heavy atom. The molecule has 0 aliphatic carbocycles. The number of rotatable bonds is 9. The predicted octanol–water partition coefficient (Wildman–Crippen LogP) is 7.35. The van der Waals surface area contributed by atoms with Gasteiger partial charge in [0.15, 0.2) is 11.5 Å². The van der Waals surface area contributed by atoms with Gasteiger partial charge in [-0.3, -0.25) is 0 Å². The Kier molecular flexibility index (Phi) is 8.29. The normalized spacial score (nSPS) is 10.7. The van der Waals surface area contributed by atoms with Gasteiger partial charge in [0.2, 0.25) is 0 Å². The molecule has 2 N–H and O–H groups in total. The molecule has 0 amide bonds. The molecule has 0 bridgehead atoms. The number of aromatic carboxylic acids is 1. The smallest absolute Gasteiger partial charge is 0.336 e. The van der Waals surface area contributed by atoms with Crippen molar-refractivity contribution in [3.63, 3.8) is 0 Å². The van der Waals surface area contributed by atoms with E-state index >= 15 is 0 Å². The number of carboxylic acids is 1. The lowest BCUT2D eigenvalue weighted by molar-refractivity contribution is 0.0696. The number of ether oxygens (including phenoxy) is 2. The van der Waals surface area contributed by atoms with Gasteiger partial charge >= 0.3 is 5.97 Å². The second-order valence-corrected chi connectivity index (χ2v) is 8.68. The van der Waals surface area contributed by atoms with Gasteiger partial charge in [-0.15, -0.1) is 0 Å². The largest absolute Gasteiger partial charge is 0.490 e. The molecule has 0 fully saturated rings. The number of hydrogen-bond donors (Lipinski definition) is 2. The molecule has 0 aromatic heterocycles. The van der Waals surface area contributed by atoms with Crippen LogP contribution in [0.25, 0.3) is 0 Å². The van der Waals surface area contributed by atoms with Crippen LogP contribution in [0.5, 0.6) is 11.5 Å². The van der Waals surface area contributed by atoms with Crippen LogP contribution >= 0.6 is 39.1 Å². The number of anilines is 1. The van der Waals surface area contributed by atoms with E-state index in [1.54, 1.807) is 31.2 Å². The van der Waals surface area contributed by atoms with Crippen LogP contribution in [0.4, 0.5) is 5.69 Å². The van der Waals surface area contributed by atoms with E-state index in [1.165, 1.54) is 0 Å². The fraction of sp³-hybridized carbons (Fsp3) is 0.208. The standard InChI is InChI=1S/C24H22BrCl2NO4/c1-3-31-22-11-16(12-28-21-6-4-5-17(14(21)2)24(29)30)9-18(25)23(22)32-13-15-7-8-19(26)20(27)10-15/h4-11,28H,3,12-13H2,1-2H3,(H,29,30). The number of halogens is 3. The van der Waals surface area contributed by atoms with Gasteiger partial charge in [0.1, 0.15) is 6.61 Å². The van der Waals surface area contributed by atoms with Gasteiger partial charge in [0.05, 0.1) is 26.7 Å². The van der Waals surface area contributed by atoms with Gasteiger partial charge in [-0.05, 0) is 82.9 Å². The topological polar surface area (TPSA) is 67.8 Å². The average molecular weight is 539 g/mol. The molecule has 0 radical (unpaired) electrons. The monoisotopic (exact) mass is 537 g/mol. The molecule has 168 valence electrons. The zero-order valence-electron chi connectivity index (χ0n) is 17.5. The van der Waals surface area contributed by atoms with Crippen molar-refractivity contribution in [2.45, 2.75) is 27.0 Å². The Balaban J connectivity index is 1.78. The van der Waals surface area contributed by atoms with Gasteiger partial charge in [-0.1, -0.05) is 35.3 Å². The molecule has 0 heterocycles. The van der Waals surface area contributed by atoms with E-state index in [0.29, 0.717) is 46.9 Å². The van der Waals surface area contributed by atoms with Crippen molar-refractivity contribution < 1.29 is 19.4 Å². The highest BCUT2D eigenvalue weighted by molar-refractivity contribution is 9.10. The molecule has 0 saturated heterocycles. The molecule has 0 spiro atoms. The fourth-order valence-electron chi connectivity index (χ4n) is 3.17. The molecule has 5 nitrogen and oxygen atoms in total. The maximum atomic E-state index is 11.4. The molecule has 0 aliphatic heterocycles. The second kappa shape index (κ2) is 10.9. The molecule has 32 heavy (non-hydrogen) atoms. The van der Waals surface area contributed by atoms with Gasteiger partial charge in [-0.2, -0.15) is 0 Å². The summed E-state index contributed by atoms with van der Waals surface area (Å²) in [6.07, 6.45) is 0. The van der Waals surface area contributed by atoms with Crippen molar-refractivity contribution in [2.75, 3.05) is 11.9 Å². The maximum absolute atomic E-state index is 11.4. The third-order valence-electron chi connectivity index (χ3n) is 4.78. The summed E-state index contributed by atoms with van der Waals surface area (Å²) in [6.45, 7) is 4.95. The van der Waals surface area contributed by atoms with Crippen LogP contribution in [-0.2, 0) is 13.2 Å². The molecular weight excluding hydrogens is 517 g/mol. The Morgan fingerprint density at radius 2 is 1.84 bits per heavy atom. The van der Waals surface area contributed by atoms with E-state index in [4.69, 9.17) is 32.7 Å². The Hall–Kier alpha value is -2.41. The third kappa shape index (κ3) is 5.88. The molecule has 0 saturated carbocycles. The molecule has 8 heteroatoms. The van der Waals surface area contributed by atoms with Crippen molar-refractivity contribution in [3.05, 3.63) is 85.3 Å². The van der Waals surface area contributed by atoms with Crippen LogP contribution in [0.1, 0.15) is 34.0 Å². The number of carbonyl (C=O) groups is 1. The summed E-state index contributed by atoms with van der Waals surface area (Å²) in [5, 5.41) is 13.6. The van der Waals surface area contributed by atoms with Gasteiger partial charge in [-0.25, -0.2) is 4.79 Å².